The van der Waals surface area contributed by atoms with Crippen molar-refractivity contribution in [2.45, 2.75) is 34.1 Å². The fourth-order valence-corrected chi connectivity index (χ4v) is 1.67. The highest BCUT2D eigenvalue weighted by Gasteiger charge is 2.10. The average Bonchev–Trinajstić information content (AvgIpc) is 2.25. The van der Waals surface area contributed by atoms with E-state index in [1.165, 1.54) is 5.56 Å². The summed E-state index contributed by atoms with van der Waals surface area (Å²) < 4.78 is 11.2. The number of benzene rings is 1. The van der Waals surface area contributed by atoms with Crippen molar-refractivity contribution in [3.8, 4) is 11.5 Å². The van der Waals surface area contributed by atoms with E-state index in [9.17, 15) is 0 Å². The van der Waals surface area contributed by atoms with Gasteiger partial charge in [-0.05, 0) is 38.8 Å². The van der Waals surface area contributed by atoms with Crippen LogP contribution in [-0.2, 0) is 6.42 Å². The van der Waals surface area contributed by atoms with Gasteiger partial charge in [-0.3, -0.25) is 0 Å². The zero-order valence-corrected chi connectivity index (χ0v) is 10.1. The van der Waals surface area contributed by atoms with Crippen molar-refractivity contribution in [3.63, 3.8) is 0 Å². The summed E-state index contributed by atoms with van der Waals surface area (Å²) in [6.45, 7) is 9.58. The van der Waals surface area contributed by atoms with Crippen LogP contribution < -0.4 is 9.47 Å². The monoisotopic (exact) mass is 208 g/mol. The third-order valence-corrected chi connectivity index (χ3v) is 2.41. The molecule has 0 bridgehead atoms. The maximum atomic E-state index is 5.67. The van der Waals surface area contributed by atoms with Gasteiger partial charge < -0.3 is 9.47 Å². The minimum atomic E-state index is 0.692. The maximum Gasteiger partial charge on any atom is 0.129 e. The molecule has 2 nitrogen and oxygen atoms in total. The molecule has 0 aliphatic rings. The van der Waals surface area contributed by atoms with E-state index in [2.05, 4.69) is 19.9 Å². The first-order valence-electron chi connectivity index (χ1n) is 5.62. The predicted molar refractivity (Wildman–Crippen MR) is 62.9 cm³/mol. The Bertz CT molecular complexity index is 319. The summed E-state index contributed by atoms with van der Waals surface area (Å²) in [7, 11) is 0. The maximum absolute atomic E-state index is 5.67. The molecule has 2 heteroatoms. The predicted octanol–water partition coefficient (Wildman–Crippen LogP) is 3.35. The lowest BCUT2D eigenvalue weighted by Crippen LogP contribution is -2.01. The van der Waals surface area contributed by atoms with Crippen LogP contribution in [0.4, 0.5) is 0 Å². The van der Waals surface area contributed by atoms with Gasteiger partial charge in [0.05, 0.1) is 13.2 Å². The lowest BCUT2D eigenvalue weighted by Gasteiger charge is -2.15. The molecule has 0 spiro atoms. The molecule has 0 fully saturated rings. The third kappa shape index (κ3) is 2.65. The molecule has 1 rings (SSSR count). The number of rotatable bonds is 5. The van der Waals surface area contributed by atoms with E-state index in [1.807, 2.05) is 19.9 Å². The zero-order valence-electron chi connectivity index (χ0n) is 10.1. The molecule has 0 saturated heterocycles. The molecule has 0 atom stereocenters. The largest absolute Gasteiger partial charge is 0.493 e. The van der Waals surface area contributed by atoms with E-state index in [0.29, 0.717) is 13.2 Å². The van der Waals surface area contributed by atoms with E-state index < -0.39 is 0 Å². The minimum absolute atomic E-state index is 0.692. The second kappa shape index (κ2) is 5.64. The summed E-state index contributed by atoms with van der Waals surface area (Å²) in [4.78, 5) is 0. The molecule has 1 aromatic carbocycles. The van der Waals surface area contributed by atoms with Crippen molar-refractivity contribution >= 4 is 0 Å². The molecule has 0 heterocycles. The fourth-order valence-electron chi connectivity index (χ4n) is 1.67. The molecule has 0 N–H and O–H groups in total. The third-order valence-electron chi connectivity index (χ3n) is 2.41. The molecule has 0 unspecified atom stereocenters. The molecule has 15 heavy (non-hydrogen) atoms. The van der Waals surface area contributed by atoms with Crippen molar-refractivity contribution in [1.82, 2.24) is 0 Å². The van der Waals surface area contributed by atoms with Gasteiger partial charge in [0.15, 0.2) is 0 Å². The van der Waals surface area contributed by atoms with Crippen LogP contribution in [0.5, 0.6) is 11.5 Å². The first-order valence-corrected chi connectivity index (χ1v) is 5.62. The van der Waals surface area contributed by atoms with Gasteiger partial charge in [-0.25, -0.2) is 0 Å². The first kappa shape index (κ1) is 11.9. The highest BCUT2D eigenvalue weighted by molar-refractivity contribution is 5.49. The Balaban J connectivity index is 3.10. The highest BCUT2D eigenvalue weighted by atomic mass is 16.5. The summed E-state index contributed by atoms with van der Waals surface area (Å²) >= 11 is 0. The van der Waals surface area contributed by atoms with Crippen LogP contribution in [0.1, 0.15) is 31.9 Å². The summed E-state index contributed by atoms with van der Waals surface area (Å²) in [5.74, 6) is 1.92. The molecule has 0 radical (unpaired) electrons. The quantitative estimate of drug-likeness (QED) is 0.738. The molecule has 0 saturated carbocycles. The van der Waals surface area contributed by atoms with Gasteiger partial charge in [-0.2, -0.15) is 0 Å². The normalized spacial score (nSPS) is 10.1. The Morgan fingerprint density at radius 3 is 2.20 bits per heavy atom. The SMILES string of the molecule is CCOc1ccc(CC)c(OCC)c1C. The van der Waals surface area contributed by atoms with Crippen LogP contribution in [-0.4, -0.2) is 13.2 Å². The Labute approximate surface area is 92.2 Å². The molecule has 0 aromatic heterocycles. The van der Waals surface area contributed by atoms with Crippen LogP contribution >= 0.6 is 0 Å². The van der Waals surface area contributed by atoms with Gasteiger partial charge in [0.25, 0.3) is 0 Å². The van der Waals surface area contributed by atoms with Crippen LogP contribution in [0.15, 0.2) is 12.1 Å². The number of hydrogen-bond donors (Lipinski definition) is 0. The van der Waals surface area contributed by atoms with Crippen LogP contribution in [0.3, 0.4) is 0 Å². The lowest BCUT2D eigenvalue weighted by molar-refractivity contribution is 0.316. The highest BCUT2D eigenvalue weighted by Crippen LogP contribution is 2.31. The number of hydrogen-bond acceptors (Lipinski definition) is 2. The Kier molecular flexibility index (Phi) is 4.47. The van der Waals surface area contributed by atoms with Crippen LogP contribution in [0.2, 0.25) is 0 Å². The van der Waals surface area contributed by atoms with Gasteiger partial charge >= 0.3 is 0 Å². The lowest BCUT2D eigenvalue weighted by atomic mass is 10.1. The second-order valence-corrected chi connectivity index (χ2v) is 3.40. The first-order chi connectivity index (χ1) is 7.24. The van der Waals surface area contributed by atoms with E-state index >= 15 is 0 Å². The van der Waals surface area contributed by atoms with Gasteiger partial charge in [0, 0.05) is 5.56 Å². The van der Waals surface area contributed by atoms with Crippen molar-refractivity contribution in [1.29, 1.82) is 0 Å². The van der Waals surface area contributed by atoms with E-state index in [4.69, 9.17) is 9.47 Å². The standard InChI is InChI=1S/C13H20O2/c1-5-11-8-9-12(14-6-2)10(4)13(11)15-7-3/h8-9H,5-7H2,1-4H3. The summed E-state index contributed by atoms with van der Waals surface area (Å²) in [5, 5.41) is 0. The van der Waals surface area contributed by atoms with E-state index in [1.54, 1.807) is 0 Å². The zero-order chi connectivity index (χ0) is 11.3. The number of ether oxygens (including phenoxy) is 2. The van der Waals surface area contributed by atoms with Crippen LogP contribution in [0.25, 0.3) is 0 Å². The Hall–Kier alpha value is -1.18. The molecule has 0 aliphatic heterocycles. The second-order valence-electron chi connectivity index (χ2n) is 3.40. The molecular formula is C13H20O2. The summed E-state index contributed by atoms with van der Waals surface area (Å²) in [6, 6.07) is 4.11. The van der Waals surface area contributed by atoms with Crippen LogP contribution in [0, 0.1) is 6.92 Å². The van der Waals surface area contributed by atoms with E-state index in [0.717, 1.165) is 23.5 Å². The van der Waals surface area contributed by atoms with Crippen molar-refractivity contribution in [3.05, 3.63) is 23.3 Å². The average molecular weight is 208 g/mol. The smallest absolute Gasteiger partial charge is 0.129 e. The van der Waals surface area contributed by atoms with Gasteiger partial charge in [-0.15, -0.1) is 0 Å². The van der Waals surface area contributed by atoms with Gasteiger partial charge in [-0.1, -0.05) is 13.0 Å². The van der Waals surface area contributed by atoms with Gasteiger partial charge in [0.2, 0.25) is 0 Å². The number of aryl methyl sites for hydroxylation is 1. The fraction of sp³-hybridized carbons (Fsp3) is 0.538. The van der Waals surface area contributed by atoms with Gasteiger partial charge in [0.1, 0.15) is 11.5 Å². The Morgan fingerprint density at radius 1 is 1.00 bits per heavy atom. The summed E-state index contributed by atoms with van der Waals surface area (Å²) in [5.41, 5.74) is 2.36. The van der Waals surface area contributed by atoms with E-state index in [-0.39, 0.29) is 0 Å². The van der Waals surface area contributed by atoms with Crippen molar-refractivity contribution in [2.75, 3.05) is 13.2 Å². The molecule has 0 amide bonds. The molecular weight excluding hydrogens is 188 g/mol. The molecule has 1 aromatic rings. The topological polar surface area (TPSA) is 18.5 Å². The molecule has 84 valence electrons. The minimum Gasteiger partial charge on any atom is -0.493 e. The summed E-state index contributed by atoms with van der Waals surface area (Å²) in [6.07, 6.45) is 0.989. The molecule has 0 aliphatic carbocycles. The van der Waals surface area contributed by atoms with Crippen molar-refractivity contribution < 1.29 is 9.47 Å². The van der Waals surface area contributed by atoms with Crippen molar-refractivity contribution in [2.24, 2.45) is 0 Å². The Morgan fingerprint density at radius 2 is 1.67 bits per heavy atom.